The highest BCUT2D eigenvalue weighted by molar-refractivity contribution is 5.77. The second-order valence-electron chi connectivity index (χ2n) is 8.42. The molecule has 0 radical (unpaired) electrons. The summed E-state index contributed by atoms with van der Waals surface area (Å²) in [4.78, 5) is 12.7. The molecular weight excluding hydrogens is 374 g/mol. The lowest BCUT2D eigenvalue weighted by Crippen LogP contribution is -2.41. The summed E-state index contributed by atoms with van der Waals surface area (Å²) in [7, 11) is 0. The highest BCUT2D eigenvalue weighted by Gasteiger charge is 2.43. The average Bonchev–Trinajstić information content (AvgIpc) is 3.53. The molecule has 5 rings (SSSR count). The molecule has 0 saturated heterocycles. The average molecular weight is 402 g/mol. The number of allylic oxidation sites excluding steroid dienone is 1. The smallest absolute Gasteiger partial charge is 0.313 e. The zero-order valence-electron chi connectivity index (χ0n) is 17.0. The Balaban J connectivity index is 1.14. The Bertz CT molecular complexity index is 951. The van der Waals surface area contributed by atoms with Gasteiger partial charge in [-0.15, -0.1) is 0 Å². The topological polar surface area (TPSA) is 47.6 Å². The van der Waals surface area contributed by atoms with Gasteiger partial charge in [-0.2, -0.15) is 0 Å². The van der Waals surface area contributed by atoms with E-state index in [-0.39, 0.29) is 18.1 Å². The van der Waals surface area contributed by atoms with Crippen LogP contribution in [0.25, 0.3) is 0 Å². The molecule has 2 aromatic carbocycles. The maximum absolute atomic E-state index is 12.7. The zero-order chi connectivity index (χ0) is 20.3. The fourth-order valence-electron chi connectivity index (χ4n) is 4.59. The van der Waals surface area contributed by atoms with Gasteiger partial charge in [0.25, 0.3) is 0 Å². The van der Waals surface area contributed by atoms with Gasteiger partial charge in [-0.05, 0) is 47.8 Å². The number of fused-ring (bicyclic) bond motifs is 1. The molecule has 0 amide bonds. The third-order valence-corrected chi connectivity index (χ3v) is 6.40. The monoisotopic (exact) mass is 401 g/mol. The first-order chi connectivity index (χ1) is 14.8. The van der Waals surface area contributed by atoms with Gasteiger partial charge in [-0.25, -0.2) is 0 Å². The Labute approximate surface area is 177 Å². The molecule has 0 aromatic heterocycles. The van der Waals surface area contributed by atoms with Gasteiger partial charge in [0, 0.05) is 6.20 Å². The zero-order valence-corrected chi connectivity index (χ0v) is 17.0. The number of carbonyl (C=O) groups excluding carboxylic acids is 1. The van der Waals surface area contributed by atoms with Crippen LogP contribution in [0, 0.1) is 17.8 Å². The first-order valence-electron chi connectivity index (χ1n) is 10.8. The first kappa shape index (κ1) is 19.1. The Morgan fingerprint density at radius 1 is 0.900 bits per heavy atom. The fraction of sp³-hybridized carbons (Fsp3) is 0.346. The van der Waals surface area contributed by atoms with Crippen molar-refractivity contribution in [2.24, 2.45) is 17.8 Å². The van der Waals surface area contributed by atoms with Gasteiger partial charge in [-0.3, -0.25) is 4.79 Å². The lowest BCUT2D eigenvalue weighted by Gasteiger charge is -2.34. The minimum atomic E-state index is -0.0824. The Kier molecular flexibility index (Phi) is 5.41. The number of carbonyl (C=O) groups is 1. The predicted octanol–water partition coefficient (Wildman–Crippen LogP) is 4.73. The molecule has 154 valence electrons. The molecule has 3 aliphatic rings. The number of nitrogens with one attached hydrogen (secondary N) is 1. The number of benzene rings is 2. The maximum atomic E-state index is 12.7. The molecule has 0 spiro atoms. The van der Waals surface area contributed by atoms with Crippen LogP contribution in [0.2, 0.25) is 0 Å². The van der Waals surface area contributed by atoms with Gasteiger partial charge in [0.05, 0.1) is 12.5 Å². The van der Waals surface area contributed by atoms with Crippen LogP contribution in [0.3, 0.4) is 0 Å². The molecule has 1 fully saturated rings. The lowest BCUT2D eigenvalue weighted by molar-refractivity contribution is -0.148. The number of esters is 1. The van der Waals surface area contributed by atoms with Crippen LogP contribution in [0.1, 0.15) is 30.4 Å². The van der Waals surface area contributed by atoms with Crippen LogP contribution in [0.5, 0.6) is 0 Å². The molecule has 0 bridgehead atoms. The van der Waals surface area contributed by atoms with Crippen molar-refractivity contribution in [2.45, 2.75) is 38.7 Å². The Morgan fingerprint density at radius 2 is 1.60 bits per heavy atom. The van der Waals surface area contributed by atoms with E-state index in [0.29, 0.717) is 25.0 Å². The van der Waals surface area contributed by atoms with E-state index in [1.807, 2.05) is 48.5 Å². The lowest BCUT2D eigenvalue weighted by atomic mass is 9.86. The molecular formula is C26H27NO3. The Hall–Kier alpha value is -2.85. The van der Waals surface area contributed by atoms with Crippen molar-refractivity contribution in [2.75, 3.05) is 0 Å². The van der Waals surface area contributed by atoms with Crippen LogP contribution in [-0.2, 0) is 27.5 Å². The summed E-state index contributed by atoms with van der Waals surface area (Å²) in [5.74, 6) is 0.743. The van der Waals surface area contributed by atoms with E-state index in [4.69, 9.17) is 9.47 Å². The largest absolute Gasteiger partial charge is 0.460 e. The SMILES string of the molecule is O=C(OCc1ccccc1)[C@@H]1CC[C@@H](C2=CNC2OCc2ccccc2)CC2C=C21. The summed E-state index contributed by atoms with van der Waals surface area (Å²) >= 11 is 0. The molecule has 30 heavy (non-hydrogen) atoms. The van der Waals surface area contributed by atoms with Gasteiger partial charge in [0.1, 0.15) is 6.61 Å². The van der Waals surface area contributed by atoms with Crippen molar-refractivity contribution in [1.29, 1.82) is 0 Å². The highest BCUT2D eigenvalue weighted by Crippen LogP contribution is 2.49. The summed E-state index contributed by atoms with van der Waals surface area (Å²) in [6, 6.07) is 20.1. The van der Waals surface area contributed by atoms with E-state index in [1.54, 1.807) is 0 Å². The van der Waals surface area contributed by atoms with Crippen LogP contribution in [0.15, 0.2) is 84.1 Å². The maximum Gasteiger partial charge on any atom is 0.313 e. The molecule has 4 heteroatoms. The second-order valence-corrected chi connectivity index (χ2v) is 8.42. The van der Waals surface area contributed by atoms with E-state index in [1.165, 1.54) is 16.7 Å². The summed E-state index contributed by atoms with van der Waals surface area (Å²) in [6.45, 7) is 0.950. The van der Waals surface area contributed by atoms with E-state index < -0.39 is 0 Å². The first-order valence-corrected chi connectivity index (χ1v) is 10.8. The highest BCUT2D eigenvalue weighted by atomic mass is 16.5. The van der Waals surface area contributed by atoms with E-state index >= 15 is 0 Å². The summed E-state index contributed by atoms with van der Waals surface area (Å²) in [5, 5.41) is 3.29. The molecule has 1 aliphatic heterocycles. The van der Waals surface area contributed by atoms with Crippen molar-refractivity contribution < 1.29 is 14.3 Å². The predicted molar refractivity (Wildman–Crippen MR) is 115 cm³/mol. The van der Waals surface area contributed by atoms with Crippen LogP contribution in [0.4, 0.5) is 0 Å². The standard InChI is InChI=1S/C26H27NO3/c28-26(30-17-19-9-5-2-6-10-19)22-12-11-20(13-21-14-23(21)22)24-15-27-25(24)29-16-18-7-3-1-4-8-18/h1-10,14-15,20-22,25,27H,11-13,16-17H2/t20-,21?,22-,25?/m1/s1. The van der Waals surface area contributed by atoms with Crippen molar-refractivity contribution >= 4 is 5.97 Å². The molecule has 1 N–H and O–H groups in total. The van der Waals surface area contributed by atoms with Crippen LogP contribution >= 0.6 is 0 Å². The molecule has 2 aromatic rings. The van der Waals surface area contributed by atoms with E-state index in [0.717, 1.165) is 24.8 Å². The summed E-state index contributed by atoms with van der Waals surface area (Å²) in [6.07, 6.45) is 7.26. The van der Waals surface area contributed by atoms with Crippen LogP contribution < -0.4 is 5.32 Å². The molecule has 4 nitrogen and oxygen atoms in total. The number of hydrogen-bond donors (Lipinski definition) is 1. The van der Waals surface area contributed by atoms with Gasteiger partial charge in [0.2, 0.25) is 0 Å². The van der Waals surface area contributed by atoms with Crippen molar-refractivity contribution in [3.63, 3.8) is 0 Å². The summed E-state index contributed by atoms with van der Waals surface area (Å²) in [5.41, 5.74) is 4.83. The quantitative estimate of drug-likeness (QED) is 0.538. The normalized spacial score (nSPS) is 26.8. The minimum Gasteiger partial charge on any atom is -0.460 e. The van der Waals surface area contributed by atoms with Gasteiger partial charge in [0.15, 0.2) is 6.23 Å². The molecule has 1 saturated carbocycles. The minimum absolute atomic E-state index is 0.0148. The van der Waals surface area contributed by atoms with Gasteiger partial charge in [-0.1, -0.05) is 72.3 Å². The van der Waals surface area contributed by atoms with E-state index in [2.05, 4.69) is 29.7 Å². The van der Waals surface area contributed by atoms with Crippen molar-refractivity contribution in [3.8, 4) is 0 Å². The van der Waals surface area contributed by atoms with Gasteiger partial charge >= 0.3 is 5.97 Å². The Morgan fingerprint density at radius 3 is 2.27 bits per heavy atom. The van der Waals surface area contributed by atoms with E-state index in [9.17, 15) is 4.79 Å². The molecule has 4 atom stereocenters. The number of rotatable bonds is 7. The number of hydrogen-bond acceptors (Lipinski definition) is 4. The van der Waals surface area contributed by atoms with Crippen molar-refractivity contribution in [1.82, 2.24) is 5.32 Å². The summed E-state index contributed by atoms with van der Waals surface area (Å²) < 4.78 is 11.7. The molecule has 2 aliphatic carbocycles. The second kappa shape index (κ2) is 8.49. The van der Waals surface area contributed by atoms with Gasteiger partial charge < -0.3 is 14.8 Å². The fourth-order valence-corrected chi connectivity index (χ4v) is 4.59. The molecule has 1 heterocycles. The third kappa shape index (κ3) is 4.19. The van der Waals surface area contributed by atoms with Crippen molar-refractivity contribution in [3.05, 3.63) is 95.2 Å². The number of ether oxygens (including phenoxy) is 2. The molecule has 2 unspecified atom stereocenters. The van der Waals surface area contributed by atoms with Crippen LogP contribution in [-0.4, -0.2) is 12.2 Å². The third-order valence-electron chi connectivity index (χ3n) is 6.40.